The standard InChI is InChI=1S/C25H30FN3O3S.ClH/c1-2-13-32-23(30)16-29-12-9-19(27-29)14-18-15-28(11-10-22(18)33)24(25(31)17-7-8-17)20-5-3-4-6-21(20)26;/h3-6,9,12,14,17,22,24,33H,2,7-8,10-11,13,15-16H2,1H3;1H/b18-14-;. The molecule has 2 fully saturated rings. The van der Waals surface area contributed by atoms with Crippen molar-refractivity contribution in [2.24, 2.45) is 5.92 Å². The van der Waals surface area contributed by atoms with E-state index in [4.69, 9.17) is 17.4 Å². The van der Waals surface area contributed by atoms with Crippen molar-refractivity contribution < 1.29 is 18.7 Å². The topological polar surface area (TPSA) is 64.4 Å². The molecule has 1 saturated carbocycles. The highest BCUT2D eigenvalue weighted by molar-refractivity contribution is 7.81. The lowest BCUT2D eigenvalue weighted by Crippen LogP contribution is -2.42. The predicted molar refractivity (Wildman–Crippen MR) is 135 cm³/mol. The van der Waals surface area contributed by atoms with Gasteiger partial charge < -0.3 is 4.74 Å². The van der Waals surface area contributed by atoms with Crippen LogP contribution in [0.5, 0.6) is 0 Å². The molecule has 0 amide bonds. The number of Topliss-reactive ketones (excluding diaryl/α,β-unsaturated/α-hetero) is 1. The summed E-state index contributed by atoms with van der Waals surface area (Å²) in [7, 11) is 0. The molecule has 1 saturated heterocycles. The van der Waals surface area contributed by atoms with Crippen LogP contribution < -0.4 is 0 Å². The second-order valence-corrected chi connectivity index (χ2v) is 9.38. The number of likely N-dealkylation sites (tertiary alicyclic amines) is 1. The first kappa shape index (κ1) is 26.4. The number of nitrogens with zero attached hydrogens (tertiary/aromatic N) is 3. The zero-order valence-corrected chi connectivity index (χ0v) is 20.9. The van der Waals surface area contributed by atoms with Crippen molar-refractivity contribution in [2.45, 2.75) is 50.4 Å². The maximum absolute atomic E-state index is 14.7. The Labute approximate surface area is 211 Å². The van der Waals surface area contributed by atoms with Crippen molar-refractivity contribution in [1.29, 1.82) is 0 Å². The van der Waals surface area contributed by atoms with E-state index in [1.54, 1.807) is 29.1 Å². The van der Waals surface area contributed by atoms with Crippen molar-refractivity contribution in [3.63, 3.8) is 0 Å². The highest BCUT2D eigenvalue weighted by Gasteiger charge is 2.40. The second-order valence-electron chi connectivity index (χ2n) is 8.75. The van der Waals surface area contributed by atoms with Gasteiger partial charge in [-0.05, 0) is 49.5 Å². The van der Waals surface area contributed by atoms with Gasteiger partial charge in [-0.15, -0.1) is 12.4 Å². The zero-order chi connectivity index (χ0) is 23.4. The normalized spacial score (nSPS) is 20.6. The highest BCUT2D eigenvalue weighted by Crippen LogP contribution is 2.39. The lowest BCUT2D eigenvalue weighted by Gasteiger charge is -2.37. The minimum Gasteiger partial charge on any atom is -0.464 e. The smallest absolute Gasteiger partial charge is 0.327 e. The van der Waals surface area contributed by atoms with Gasteiger partial charge in [0, 0.05) is 36.0 Å². The second kappa shape index (κ2) is 12.0. The summed E-state index contributed by atoms with van der Waals surface area (Å²) >= 11 is 4.75. The third-order valence-electron chi connectivity index (χ3n) is 6.07. The molecule has 2 atom stereocenters. The van der Waals surface area contributed by atoms with Crippen molar-refractivity contribution in [1.82, 2.24) is 14.7 Å². The molecular weight excluding hydrogens is 477 g/mol. The maximum atomic E-state index is 14.7. The molecule has 1 aliphatic carbocycles. The van der Waals surface area contributed by atoms with Crippen molar-refractivity contribution in [2.75, 3.05) is 19.7 Å². The third kappa shape index (κ3) is 6.49. The Morgan fingerprint density at radius 1 is 1.26 bits per heavy atom. The van der Waals surface area contributed by atoms with Crippen molar-refractivity contribution in [3.8, 4) is 0 Å². The Balaban J connectivity index is 0.00000324. The minimum atomic E-state index is -0.589. The lowest BCUT2D eigenvalue weighted by atomic mass is 9.93. The number of piperidine rings is 1. The molecule has 2 heterocycles. The van der Waals surface area contributed by atoms with Crippen molar-refractivity contribution >= 4 is 42.9 Å². The van der Waals surface area contributed by atoms with Crippen LogP contribution in [0.15, 0.2) is 42.1 Å². The van der Waals surface area contributed by atoms with Gasteiger partial charge in [0.25, 0.3) is 0 Å². The van der Waals surface area contributed by atoms with E-state index in [2.05, 4.69) is 10.00 Å². The summed E-state index contributed by atoms with van der Waals surface area (Å²) in [6.07, 6.45) is 6.99. The number of carbonyl (C=O) groups excluding carboxylic acids is 2. The maximum Gasteiger partial charge on any atom is 0.327 e. The summed E-state index contributed by atoms with van der Waals surface area (Å²) in [4.78, 5) is 27.1. The first-order chi connectivity index (χ1) is 16.0. The van der Waals surface area contributed by atoms with Gasteiger partial charge in [0.1, 0.15) is 12.4 Å². The van der Waals surface area contributed by atoms with E-state index in [9.17, 15) is 14.0 Å². The summed E-state index contributed by atoms with van der Waals surface area (Å²) < 4.78 is 21.4. The largest absolute Gasteiger partial charge is 0.464 e. The first-order valence-electron chi connectivity index (χ1n) is 11.6. The quantitative estimate of drug-likeness (QED) is 0.400. The van der Waals surface area contributed by atoms with Crippen molar-refractivity contribution in [3.05, 3.63) is 59.2 Å². The molecule has 2 unspecified atom stereocenters. The Morgan fingerprint density at radius 3 is 2.74 bits per heavy atom. The molecule has 6 nitrogen and oxygen atoms in total. The number of rotatable bonds is 9. The molecule has 0 bridgehead atoms. The van der Waals surface area contributed by atoms with E-state index >= 15 is 0 Å². The van der Waals surface area contributed by atoms with Crippen LogP contribution in [-0.2, 0) is 20.9 Å². The van der Waals surface area contributed by atoms with Crippen LogP contribution in [-0.4, -0.2) is 51.4 Å². The van der Waals surface area contributed by atoms with E-state index in [-0.39, 0.29) is 47.7 Å². The molecule has 1 aliphatic heterocycles. The first-order valence-corrected chi connectivity index (χ1v) is 12.1. The summed E-state index contributed by atoms with van der Waals surface area (Å²) in [5.74, 6) is -0.532. The fraction of sp³-hybridized carbons (Fsp3) is 0.480. The Morgan fingerprint density at radius 2 is 2.03 bits per heavy atom. The summed E-state index contributed by atoms with van der Waals surface area (Å²) in [6, 6.07) is 7.82. The molecule has 2 aromatic rings. The number of carbonyl (C=O) groups is 2. The lowest BCUT2D eigenvalue weighted by molar-refractivity contribution is -0.144. The number of aromatic nitrogens is 2. The van der Waals surface area contributed by atoms with Gasteiger partial charge in [0.15, 0.2) is 5.78 Å². The van der Waals surface area contributed by atoms with Crippen LogP contribution in [0.2, 0.25) is 0 Å². The highest BCUT2D eigenvalue weighted by atomic mass is 35.5. The summed E-state index contributed by atoms with van der Waals surface area (Å²) in [5, 5.41) is 4.49. The van der Waals surface area contributed by atoms with E-state index < -0.39 is 6.04 Å². The number of ether oxygens (including phenoxy) is 1. The average molecular weight is 508 g/mol. The van der Waals surface area contributed by atoms with Gasteiger partial charge in [0.05, 0.1) is 18.3 Å². The van der Waals surface area contributed by atoms with E-state index in [1.807, 2.05) is 19.1 Å². The van der Waals surface area contributed by atoms with Crippen LogP contribution in [0, 0.1) is 11.7 Å². The van der Waals surface area contributed by atoms with E-state index in [1.165, 1.54) is 6.07 Å². The van der Waals surface area contributed by atoms with E-state index in [0.717, 1.165) is 31.3 Å². The third-order valence-corrected chi connectivity index (χ3v) is 6.66. The Hall–Kier alpha value is -2.16. The molecule has 1 aromatic heterocycles. The number of esters is 1. The Bertz CT molecular complexity index is 1040. The van der Waals surface area contributed by atoms with Gasteiger partial charge in [-0.2, -0.15) is 17.7 Å². The number of thiol groups is 1. The minimum absolute atomic E-state index is 0. The van der Waals surface area contributed by atoms with Crippen LogP contribution in [0.1, 0.15) is 49.9 Å². The number of hydrogen-bond acceptors (Lipinski definition) is 6. The fourth-order valence-electron chi connectivity index (χ4n) is 4.20. The number of hydrogen-bond donors (Lipinski definition) is 1. The van der Waals surface area contributed by atoms with Gasteiger partial charge in [0.2, 0.25) is 0 Å². The molecule has 4 rings (SSSR count). The molecule has 2 aliphatic rings. The fourth-order valence-corrected chi connectivity index (χ4v) is 4.47. The summed E-state index contributed by atoms with van der Waals surface area (Å²) in [6.45, 7) is 3.58. The molecule has 1 aromatic carbocycles. The SMILES string of the molecule is CCCOC(=O)Cn1ccc(/C=C2/CN(C(C(=O)C3CC3)c3ccccc3F)CCC2S)n1.Cl. The number of halogens is 2. The van der Waals surface area contributed by atoms with Crippen LogP contribution in [0.3, 0.4) is 0 Å². The van der Waals surface area contributed by atoms with E-state index in [0.29, 0.717) is 31.0 Å². The average Bonchev–Trinajstić information content (AvgIpc) is 3.57. The molecule has 0 N–H and O–H groups in total. The Kier molecular flexibility index (Phi) is 9.33. The molecule has 0 radical (unpaired) electrons. The molecule has 184 valence electrons. The van der Waals surface area contributed by atoms with Gasteiger partial charge in [-0.1, -0.05) is 25.1 Å². The number of benzene rings is 1. The monoisotopic (exact) mass is 507 g/mol. The number of ketones is 1. The van der Waals surface area contributed by atoms with Crippen LogP contribution >= 0.6 is 25.0 Å². The molecule has 9 heteroatoms. The van der Waals surface area contributed by atoms with Gasteiger partial charge >= 0.3 is 5.97 Å². The summed E-state index contributed by atoms with van der Waals surface area (Å²) in [5.41, 5.74) is 2.18. The van der Waals surface area contributed by atoms with Crippen LogP contribution in [0.25, 0.3) is 6.08 Å². The van der Waals surface area contributed by atoms with Crippen LogP contribution in [0.4, 0.5) is 4.39 Å². The molecular formula is C25H31ClFN3O3S. The van der Waals surface area contributed by atoms with Gasteiger partial charge in [-0.3, -0.25) is 19.2 Å². The van der Waals surface area contributed by atoms with Gasteiger partial charge in [-0.25, -0.2) is 4.39 Å². The molecule has 34 heavy (non-hydrogen) atoms. The predicted octanol–water partition coefficient (Wildman–Crippen LogP) is 4.51. The molecule has 0 spiro atoms. The zero-order valence-electron chi connectivity index (χ0n) is 19.2.